The Morgan fingerprint density at radius 1 is 1.21 bits per heavy atom. The van der Waals surface area contributed by atoms with Crippen LogP contribution in [0.15, 0.2) is 23.6 Å². The molecule has 0 saturated heterocycles. The third-order valence-electron chi connectivity index (χ3n) is 4.66. The molecule has 2 aromatic rings. The largest absolute Gasteiger partial charge is 0.305 e. The van der Waals surface area contributed by atoms with Gasteiger partial charge in [-0.2, -0.15) is 0 Å². The number of carbonyl (C=O) groups is 1. The summed E-state index contributed by atoms with van der Waals surface area (Å²) in [6, 6.07) is 6.73. The van der Waals surface area contributed by atoms with Crippen LogP contribution in [0, 0.1) is 26.2 Å². The summed E-state index contributed by atoms with van der Waals surface area (Å²) >= 11 is 1.80. The van der Waals surface area contributed by atoms with Crippen molar-refractivity contribution in [2.75, 3.05) is 0 Å². The fourth-order valence-electron chi connectivity index (χ4n) is 3.53. The molecule has 1 atom stereocenters. The third-order valence-corrected chi connectivity index (χ3v) is 5.60. The fourth-order valence-corrected chi connectivity index (χ4v) is 4.58. The van der Waals surface area contributed by atoms with Crippen molar-refractivity contribution < 1.29 is 4.79 Å². The number of nitrogens with one attached hydrogen (secondary N) is 1. The molecule has 1 aromatic heterocycles. The molecule has 0 aliphatic heterocycles. The van der Waals surface area contributed by atoms with Crippen molar-refractivity contribution in [3.63, 3.8) is 0 Å². The quantitative estimate of drug-likeness (QED) is 0.700. The summed E-state index contributed by atoms with van der Waals surface area (Å²) in [7, 11) is 0. The molecule has 0 spiro atoms. The molecule has 130 valence electrons. The minimum absolute atomic E-state index is 0.126. The average molecular weight is 344 g/mol. The lowest BCUT2D eigenvalue weighted by molar-refractivity contribution is 0.101. The summed E-state index contributed by atoms with van der Waals surface area (Å²) in [5, 5.41) is 5.88. The third kappa shape index (κ3) is 3.96. The number of carbonyl (C=O) groups excluding carboxylic acids is 1. The highest BCUT2D eigenvalue weighted by atomic mass is 32.1. The number of rotatable bonds is 5. The van der Waals surface area contributed by atoms with E-state index in [4.69, 9.17) is 0 Å². The minimum atomic E-state index is 0.126. The van der Waals surface area contributed by atoms with Gasteiger partial charge in [0.1, 0.15) is 0 Å². The van der Waals surface area contributed by atoms with E-state index in [1.165, 1.54) is 16.0 Å². The molecule has 0 fully saturated rings. The number of aryl methyl sites for hydroxylation is 2. The molecule has 1 aromatic carbocycles. The fraction of sp³-hybridized carbons (Fsp3) is 0.476. The Bertz CT molecular complexity index is 723. The van der Waals surface area contributed by atoms with Crippen LogP contribution in [0.25, 0.3) is 0 Å². The van der Waals surface area contributed by atoms with Gasteiger partial charge < -0.3 is 5.32 Å². The van der Waals surface area contributed by atoms with Gasteiger partial charge in [0.25, 0.3) is 0 Å². The number of Topliss-reactive ketones (excluding diaryl/α,β-unsaturated/α-hetero) is 1. The molecule has 0 bridgehead atoms. The zero-order valence-electron chi connectivity index (χ0n) is 15.9. The molecule has 0 amide bonds. The van der Waals surface area contributed by atoms with Crippen LogP contribution >= 0.6 is 11.3 Å². The van der Waals surface area contributed by atoms with Crippen molar-refractivity contribution in [1.82, 2.24) is 5.32 Å². The minimum Gasteiger partial charge on any atom is -0.305 e. The molecule has 3 heteroatoms. The van der Waals surface area contributed by atoms with E-state index in [2.05, 4.69) is 63.5 Å². The maximum absolute atomic E-state index is 12.0. The van der Waals surface area contributed by atoms with E-state index >= 15 is 0 Å². The van der Waals surface area contributed by atoms with Gasteiger partial charge in [0.2, 0.25) is 0 Å². The molecule has 0 saturated carbocycles. The second-order valence-electron chi connectivity index (χ2n) is 7.74. The summed E-state index contributed by atoms with van der Waals surface area (Å²) in [4.78, 5) is 13.4. The number of ketones is 1. The topological polar surface area (TPSA) is 29.1 Å². The standard InChI is InChI=1S/C21H29NOS/c1-13-11-14(2)19(16(4)23)15(3)17(13)12-22-20(21(5,6)7)18-9-8-10-24-18/h8-11,20,22H,12H2,1-7H3. The Kier molecular flexibility index (Phi) is 5.67. The highest BCUT2D eigenvalue weighted by Crippen LogP contribution is 2.35. The summed E-state index contributed by atoms with van der Waals surface area (Å²) in [5.41, 5.74) is 5.69. The first-order chi connectivity index (χ1) is 11.1. The van der Waals surface area contributed by atoms with Crippen LogP contribution in [0.3, 0.4) is 0 Å². The van der Waals surface area contributed by atoms with Crippen LogP contribution in [-0.2, 0) is 6.54 Å². The van der Waals surface area contributed by atoms with E-state index in [-0.39, 0.29) is 11.2 Å². The SMILES string of the molecule is CC(=O)c1c(C)cc(C)c(CNC(c2cccs2)C(C)(C)C)c1C. The maximum Gasteiger partial charge on any atom is 0.160 e. The van der Waals surface area contributed by atoms with E-state index in [9.17, 15) is 4.79 Å². The molecule has 0 aliphatic rings. The molecule has 1 N–H and O–H groups in total. The first-order valence-electron chi connectivity index (χ1n) is 8.50. The Morgan fingerprint density at radius 3 is 2.38 bits per heavy atom. The van der Waals surface area contributed by atoms with E-state index in [1.807, 2.05) is 6.92 Å². The Hall–Kier alpha value is -1.45. The van der Waals surface area contributed by atoms with Crippen LogP contribution < -0.4 is 5.32 Å². The van der Waals surface area contributed by atoms with Crippen molar-refractivity contribution in [1.29, 1.82) is 0 Å². The number of thiophene rings is 1. The second-order valence-corrected chi connectivity index (χ2v) is 8.72. The summed E-state index contributed by atoms with van der Waals surface area (Å²) in [6.07, 6.45) is 0. The number of hydrogen-bond donors (Lipinski definition) is 1. The highest BCUT2D eigenvalue weighted by Gasteiger charge is 2.27. The Labute approximate surface area is 150 Å². The lowest BCUT2D eigenvalue weighted by atomic mass is 9.85. The van der Waals surface area contributed by atoms with Crippen molar-refractivity contribution in [3.8, 4) is 0 Å². The molecular formula is C21H29NOS. The van der Waals surface area contributed by atoms with Gasteiger partial charge in [-0.3, -0.25) is 4.79 Å². The molecular weight excluding hydrogens is 314 g/mol. The Morgan fingerprint density at radius 2 is 1.88 bits per heavy atom. The first kappa shape index (κ1) is 18.9. The highest BCUT2D eigenvalue weighted by molar-refractivity contribution is 7.10. The molecule has 1 unspecified atom stereocenters. The van der Waals surface area contributed by atoms with Crippen LogP contribution in [0.4, 0.5) is 0 Å². The average Bonchev–Trinajstić information content (AvgIpc) is 2.93. The smallest absolute Gasteiger partial charge is 0.160 e. The predicted octanol–water partition coefficient (Wildman–Crippen LogP) is 5.75. The number of hydrogen-bond acceptors (Lipinski definition) is 3. The zero-order valence-corrected chi connectivity index (χ0v) is 16.7. The first-order valence-corrected chi connectivity index (χ1v) is 9.38. The van der Waals surface area contributed by atoms with Gasteiger partial charge in [-0.1, -0.05) is 32.9 Å². The number of benzene rings is 1. The molecule has 2 nitrogen and oxygen atoms in total. The van der Waals surface area contributed by atoms with Gasteiger partial charge in [0, 0.05) is 23.0 Å². The normalized spacial score (nSPS) is 13.1. The Balaban J connectivity index is 2.34. The molecule has 24 heavy (non-hydrogen) atoms. The summed E-state index contributed by atoms with van der Waals surface area (Å²) in [6.45, 7) is 15.5. The van der Waals surface area contributed by atoms with Crippen molar-refractivity contribution in [2.45, 2.75) is 61.1 Å². The van der Waals surface area contributed by atoms with Gasteiger partial charge >= 0.3 is 0 Å². The van der Waals surface area contributed by atoms with Gasteiger partial charge in [-0.05, 0) is 66.8 Å². The lowest BCUT2D eigenvalue weighted by Gasteiger charge is -2.31. The predicted molar refractivity (Wildman–Crippen MR) is 104 cm³/mol. The van der Waals surface area contributed by atoms with E-state index in [0.29, 0.717) is 6.04 Å². The summed E-state index contributed by atoms with van der Waals surface area (Å²) < 4.78 is 0. The van der Waals surface area contributed by atoms with Gasteiger partial charge in [-0.15, -0.1) is 11.3 Å². The lowest BCUT2D eigenvalue weighted by Crippen LogP contribution is -2.32. The molecule has 1 heterocycles. The van der Waals surface area contributed by atoms with Crippen LogP contribution in [0.5, 0.6) is 0 Å². The molecule has 2 rings (SSSR count). The van der Waals surface area contributed by atoms with Crippen LogP contribution in [0.1, 0.15) is 71.2 Å². The van der Waals surface area contributed by atoms with Crippen LogP contribution in [-0.4, -0.2) is 5.78 Å². The van der Waals surface area contributed by atoms with Gasteiger partial charge in [0.05, 0.1) is 0 Å². The van der Waals surface area contributed by atoms with E-state index in [0.717, 1.165) is 23.2 Å². The van der Waals surface area contributed by atoms with Gasteiger partial charge in [0.15, 0.2) is 5.78 Å². The van der Waals surface area contributed by atoms with E-state index < -0.39 is 0 Å². The van der Waals surface area contributed by atoms with Crippen molar-refractivity contribution in [3.05, 3.63) is 56.3 Å². The maximum atomic E-state index is 12.0. The summed E-state index contributed by atoms with van der Waals surface area (Å²) in [5.74, 6) is 0.150. The van der Waals surface area contributed by atoms with Crippen LogP contribution in [0.2, 0.25) is 0 Å². The molecule has 0 radical (unpaired) electrons. The van der Waals surface area contributed by atoms with Crippen molar-refractivity contribution >= 4 is 17.1 Å². The van der Waals surface area contributed by atoms with Crippen molar-refractivity contribution in [2.24, 2.45) is 5.41 Å². The zero-order chi connectivity index (χ0) is 18.1. The second kappa shape index (κ2) is 7.20. The van der Waals surface area contributed by atoms with Gasteiger partial charge in [-0.25, -0.2) is 0 Å². The molecule has 0 aliphatic carbocycles. The monoisotopic (exact) mass is 343 g/mol. The van der Waals surface area contributed by atoms with E-state index in [1.54, 1.807) is 18.3 Å².